The van der Waals surface area contributed by atoms with Crippen molar-refractivity contribution in [3.8, 4) is 0 Å². The molecule has 0 aliphatic heterocycles. The maximum Gasteiger partial charge on any atom is 0.0608 e. The molecule has 0 unspecified atom stereocenters. The van der Waals surface area contributed by atoms with Crippen LogP contribution in [0.2, 0.25) is 0 Å². The Morgan fingerprint density at radius 3 is 2.30 bits per heavy atom. The largest absolute Gasteiger partial charge is 0.393 e. The van der Waals surface area contributed by atoms with Crippen molar-refractivity contribution in [1.29, 1.82) is 0 Å². The first kappa shape index (κ1) is 16.4. The van der Waals surface area contributed by atoms with Crippen LogP contribution in [-0.2, 0) is 4.74 Å². The topological polar surface area (TPSA) is 49.7 Å². The summed E-state index contributed by atoms with van der Waals surface area (Å²) in [6.07, 6.45) is 8.84. The van der Waals surface area contributed by atoms with Gasteiger partial charge in [0.2, 0.25) is 0 Å². The normalized spacial score (nSPS) is 59.1. The number of aliphatic hydroxyl groups excluding tert-OH is 2. The summed E-state index contributed by atoms with van der Waals surface area (Å²) in [6, 6.07) is 0. The molecule has 0 spiro atoms. The van der Waals surface area contributed by atoms with Crippen LogP contribution >= 0.6 is 0 Å². The lowest BCUT2D eigenvalue weighted by atomic mass is 9.44. The van der Waals surface area contributed by atoms with Gasteiger partial charge < -0.3 is 14.9 Å². The summed E-state index contributed by atoms with van der Waals surface area (Å²) in [6.45, 7) is 4.83. The van der Waals surface area contributed by atoms with Crippen molar-refractivity contribution >= 4 is 0 Å². The maximum absolute atomic E-state index is 10.6. The van der Waals surface area contributed by atoms with Gasteiger partial charge >= 0.3 is 0 Å². The van der Waals surface area contributed by atoms with E-state index in [1.807, 2.05) is 7.11 Å². The van der Waals surface area contributed by atoms with Gasteiger partial charge in [-0.2, -0.15) is 0 Å². The molecule has 3 heteroatoms. The zero-order valence-corrected chi connectivity index (χ0v) is 15.0. The summed E-state index contributed by atoms with van der Waals surface area (Å²) < 4.78 is 6.02. The van der Waals surface area contributed by atoms with Gasteiger partial charge in [0.15, 0.2) is 0 Å². The zero-order chi connectivity index (χ0) is 16.4. The molecule has 0 amide bonds. The van der Waals surface area contributed by atoms with E-state index in [4.69, 9.17) is 4.74 Å². The lowest BCUT2D eigenvalue weighted by Gasteiger charge is -2.62. The summed E-state index contributed by atoms with van der Waals surface area (Å²) in [5, 5.41) is 20.8. The van der Waals surface area contributed by atoms with E-state index in [1.165, 1.54) is 25.7 Å². The van der Waals surface area contributed by atoms with Gasteiger partial charge in [0.25, 0.3) is 0 Å². The van der Waals surface area contributed by atoms with E-state index >= 15 is 0 Å². The Labute approximate surface area is 140 Å². The molecule has 9 atom stereocenters. The minimum atomic E-state index is -0.121. The minimum absolute atomic E-state index is 0.106. The fraction of sp³-hybridized carbons (Fsp3) is 1.00. The van der Waals surface area contributed by atoms with Crippen molar-refractivity contribution in [3.63, 3.8) is 0 Å². The Balaban J connectivity index is 1.69. The Kier molecular flexibility index (Phi) is 3.87. The molecular formula is C20H34O3. The first-order valence-electron chi connectivity index (χ1n) is 9.79. The third-order valence-corrected chi connectivity index (χ3v) is 8.88. The number of hydrogen-bond donors (Lipinski definition) is 2. The number of aliphatic hydroxyl groups is 2. The third-order valence-electron chi connectivity index (χ3n) is 8.88. The van der Waals surface area contributed by atoms with Crippen molar-refractivity contribution in [1.82, 2.24) is 0 Å². The van der Waals surface area contributed by atoms with Gasteiger partial charge in [0.05, 0.1) is 18.3 Å². The average Bonchev–Trinajstić information content (AvgIpc) is 2.83. The van der Waals surface area contributed by atoms with Gasteiger partial charge in [-0.15, -0.1) is 0 Å². The Morgan fingerprint density at radius 2 is 1.57 bits per heavy atom. The van der Waals surface area contributed by atoms with E-state index in [9.17, 15) is 10.2 Å². The summed E-state index contributed by atoms with van der Waals surface area (Å²) in [7, 11) is 1.88. The van der Waals surface area contributed by atoms with Gasteiger partial charge in [-0.1, -0.05) is 13.8 Å². The molecular weight excluding hydrogens is 288 g/mol. The van der Waals surface area contributed by atoms with Gasteiger partial charge in [0.1, 0.15) is 0 Å². The molecule has 4 saturated carbocycles. The molecule has 23 heavy (non-hydrogen) atoms. The standard InChI is InChI=1S/C20H34O3/c1-19-8-6-13(21)10-12(19)11-16(23-3)18-14-4-5-17(22)20(14,2)9-7-15(18)19/h12-18,21-22H,4-11H2,1-3H3/t12-,13-,14-,15-,16-,17-,18-,19-,20-/m0/s1. The van der Waals surface area contributed by atoms with E-state index in [0.29, 0.717) is 35.2 Å². The van der Waals surface area contributed by atoms with Crippen LogP contribution in [0.25, 0.3) is 0 Å². The van der Waals surface area contributed by atoms with E-state index in [-0.39, 0.29) is 17.6 Å². The molecule has 4 aliphatic carbocycles. The van der Waals surface area contributed by atoms with Crippen LogP contribution in [0, 0.1) is 34.5 Å². The summed E-state index contributed by atoms with van der Waals surface area (Å²) in [5.41, 5.74) is 0.475. The molecule has 0 radical (unpaired) electrons. The molecule has 3 nitrogen and oxygen atoms in total. The van der Waals surface area contributed by atoms with Gasteiger partial charge in [0, 0.05) is 7.11 Å². The van der Waals surface area contributed by atoms with Crippen LogP contribution < -0.4 is 0 Å². The number of fused-ring (bicyclic) bond motifs is 5. The molecule has 132 valence electrons. The highest BCUT2D eigenvalue weighted by Gasteiger charge is 2.62. The smallest absolute Gasteiger partial charge is 0.0608 e. The van der Waals surface area contributed by atoms with E-state index in [2.05, 4.69) is 13.8 Å². The van der Waals surface area contributed by atoms with Crippen LogP contribution in [0.15, 0.2) is 0 Å². The van der Waals surface area contributed by atoms with Crippen molar-refractivity contribution in [2.75, 3.05) is 7.11 Å². The molecule has 4 fully saturated rings. The second kappa shape index (κ2) is 5.44. The second-order valence-electron chi connectivity index (χ2n) is 9.57. The first-order chi connectivity index (χ1) is 10.9. The fourth-order valence-electron chi connectivity index (χ4n) is 7.40. The highest BCUT2D eigenvalue weighted by molar-refractivity contribution is 5.11. The number of hydrogen-bond acceptors (Lipinski definition) is 3. The van der Waals surface area contributed by atoms with Crippen molar-refractivity contribution in [3.05, 3.63) is 0 Å². The predicted octanol–water partition coefficient (Wildman–Crippen LogP) is 3.38. The highest BCUT2D eigenvalue weighted by Crippen LogP contribution is 2.66. The van der Waals surface area contributed by atoms with Crippen molar-refractivity contribution in [2.24, 2.45) is 34.5 Å². The Hall–Kier alpha value is -0.120. The number of ether oxygens (including phenoxy) is 1. The monoisotopic (exact) mass is 322 g/mol. The molecule has 0 aromatic rings. The number of rotatable bonds is 1. The molecule has 0 aromatic carbocycles. The molecule has 0 saturated heterocycles. The molecule has 4 aliphatic rings. The Morgan fingerprint density at radius 1 is 0.870 bits per heavy atom. The summed E-state index contributed by atoms with van der Waals surface area (Å²) in [5.74, 6) is 2.54. The molecule has 0 aromatic heterocycles. The van der Waals surface area contributed by atoms with E-state index < -0.39 is 0 Å². The van der Waals surface area contributed by atoms with Crippen LogP contribution in [0.4, 0.5) is 0 Å². The molecule has 0 heterocycles. The van der Waals surface area contributed by atoms with Crippen LogP contribution in [0.5, 0.6) is 0 Å². The van der Waals surface area contributed by atoms with E-state index in [1.54, 1.807) is 0 Å². The minimum Gasteiger partial charge on any atom is -0.393 e. The van der Waals surface area contributed by atoms with Crippen LogP contribution in [0.3, 0.4) is 0 Å². The summed E-state index contributed by atoms with van der Waals surface area (Å²) in [4.78, 5) is 0. The quantitative estimate of drug-likeness (QED) is 0.778. The third kappa shape index (κ3) is 2.19. The lowest BCUT2D eigenvalue weighted by Crippen LogP contribution is -2.59. The zero-order valence-electron chi connectivity index (χ0n) is 15.0. The van der Waals surface area contributed by atoms with Crippen molar-refractivity contribution < 1.29 is 14.9 Å². The maximum atomic E-state index is 10.6. The van der Waals surface area contributed by atoms with Crippen LogP contribution in [0.1, 0.15) is 65.2 Å². The first-order valence-corrected chi connectivity index (χ1v) is 9.79. The second-order valence-corrected chi connectivity index (χ2v) is 9.57. The average molecular weight is 322 g/mol. The SMILES string of the molecule is CO[C@H]1C[C@@H]2C[C@@H](O)CC[C@]2(C)[C@H]2CC[C@]3(C)[C@@H](O)CC[C@H]3[C@H]12. The lowest BCUT2D eigenvalue weighted by molar-refractivity contribution is -0.184. The predicted molar refractivity (Wildman–Crippen MR) is 89.9 cm³/mol. The van der Waals surface area contributed by atoms with Crippen LogP contribution in [-0.4, -0.2) is 35.6 Å². The Bertz CT molecular complexity index is 466. The molecule has 2 N–H and O–H groups in total. The van der Waals surface area contributed by atoms with Crippen molar-refractivity contribution in [2.45, 2.75) is 83.5 Å². The van der Waals surface area contributed by atoms with Gasteiger partial charge in [-0.05, 0) is 85.9 Å². The highest BCUT2D eigenvalue weighted by atomic mass is 16.5. The van der Waals surface area contributed by atoms with Gasteiger partial charge in [-0.25, -0.2) is 0 Å². The van der Waals surface area contributed by atoms with E-state index in [0.717, 1.165) is 25.7 Å². The van der Waals surface area contributed by atoms with Gasteiger partial charge in [-0.3, -0.25) is 0 Å². The fourth-order valence-corrected chi connectivity index (χ4v) is 7.40. The molecule has 0 bridgehead atoms. The number of methoxy groups -OCH3 is 1. The summed E-state index contributed by atoms with van der Waals surface area (Å²) >= 11 is 0. The molecule has 4 rings (SSSR count).